The van der Waals surface area contributed by atoms with E-state index in [9.17, 15) is 0 Å². The van der Waals surface area contributed by atoms with Gasteiger partial charge < -0.3 is 38.6 Å². The molecule has 0 saturated heterocycles. The standard InChI is InChI=1S/C38H78O7.H2O/c1-13-18-22-24-29-41-38(40-28-23-19-14-2,42-30-25-32(6)7)37(43-31-33(8)9,45-35(12)17-5)36(26-20-15-3,44-34(10)11)39-27-21-16-4;/h32-35H,13-31H2,1-12H3;1H2. The van der Waals surface area contributed by atoms with Crippen molar-refractivity contribution in [3.63, 3.8) is 0 Å². The monoisotopic (exact) mass is 665 g/mol. The molecule has 46 heavy (non-hydrogen) atoms. The molecular formula is C38H80O8. The van der Waals surface area contributed by atoms with E-state index in [1.807, 2.05) is 0 Å². The van der Waals surface area contributed by atoms with Crippen LogP contribution in [0.25, 0.3) is 0 Å². The first-order chi connectivity index (χ1) is 21.4. The van der Waals surface area contributed by atoms with Crippen LogP contribution >= 0.6 is 0 Å². The summed E-state index contributed by atoms with van der Waals surface area (Å²) in [6.07, 6.45) is 12.7. The molecule has 0 amide bonds. The van der Waals surface area contributed by atoms with Gasteiger partial charge in [0.25, 0.3) is 0 Å². The van der Waals surface area contributed by atoms with Gasteiger partial charge in [-0.05, 0) is 71.1 Å². The molecule has 8 nitrogen and oxygen atoms in total. The highest BCUT2D eigenvalue weighted by molar-refractivity contribution is 4.99. The van der Waals surface area contributed by atoms with E-state index in [1.54, 1.807) is 0 Å². The third-order valence-electron chi connectivity index (χ3n) is 7.90. The van der Waals surface area contributed by atoms with Crippen molar-refractivity contribution in [3.8, 4) is 0 Å². The van der Waals surface area contributed by atoms with Crippen LogP contribution in [0, 0.1) is 11.8 Å². The summed E-state index contributed by atoms with van der Waals surface area (Å²) in [5, 5.41) is 0. The number of ether oxygens (including phenoxy) is 7. The lowest BCUT2D eigenvalue weighted by Gasteiger charge is -2.56. The van der Waals surface area contributed by atoms with Crippen LogP contribution in [0.5, 0.6) is 0 Å². The second kappa shape index (κ2) is 27.5. The van der Waals surface area contributed by atoms with Crippen molar-refractivity contribution in [2.75, 3.05) is 33.0 Å². The van der Waals surface area contributed by atoms with Crippen molar-refractivity contribution in [1.29, 1.82) is 0 Å². The maximum atomic E-state index is 7.24. The molecule has 0 aromatic carbocycles. The molecule has 0 aliphatic carbocycles. The van der Waals surface area contributed by atoms with Gasteiger partial charge in [0, 0.05) is 6.42 Å². The fourth-order valence-electron chi connectivity index (χ4n) is 5.09. The Bertz CT molecular complexity index is 675. The van der Waals surface area contributed by atoms with Crippen molar-refractivity contribution >= 4 is 0 Å². The van der Waals surface area contributed by atoms with Crippen molar-refractivity contribution in [2.24, 2.45) is 11.8 Å². The number of hydrogen-bond donors (Lipinski definition) is 0. The number of unbranched alkanes of at least 4 members (excludes halogenated alkanes) is 7. The van der Waals surface area contributed by atoms with Crippen LogP contribution in [0.15, 0.2) is 0 Å². The van der Waals surface area contributed by atoms with Crippen LogP contribution in [0.4, 0.5) is 0 Å². The molecule has 0 bridgehead atoms. The minimum Gasteiger partial charge on any atom is -0.412 e. The Balaban J connectivity index is 0. The summed E-state index contributed by atoms with van der Waals surface area (Å²) in [6.45, 7) is 28.0. The highest BCUT2D eigenvalue weighted by atomic mass is 16.9. The van der Waals surface area contributed by atoms with Gasteiger partial charge in [0.2, 0.25) is 5.79 Å². The first-order valence-electron chi connectivity index (χ1n) is 19.0. The van der Waals surface area contributed by atoms with Gasteiger partial charge in [0.05, 0.1) is 45.2 Å². The van der Waals surface area contributed by atoms with Gasteiger partial charge in [0.1, 0.15) is 0 Å². The van der Waals surface area contributed by atoms with Crippen LogP contribution < -0.4 is 0 Å². The molecule has 0 aromatic rings. The van der Waals surface area contributed by atoms with Gasteiger partial charge in [-0.2, -0.15) is 0 Å². The maximum Gasteiger partial charge on any atom is 0.346 e. The predicted octanol–water partition coefficient (Wildman–Crippen LogP) is 9.99. The Morgan fingerprint density at radius 1 is 0.500 bits per heavy atom. The molecule has 0 heterocycles. The van der Waals surface area contributed by atoms with Gasteiger partial charge >= 0.3 is 11.8 Å². The fraction of sp³-hybridized carbons (Fsp3) is 1.00. The molecule has 0 spiro atoms. The van der Waals surface area contributed by atoms with E-state index < -0.39 is 17.5 Å². The van der Waals surface area contributed by atoms with Crippen LogP contribution in [0.2, 0.25) is 0 Å². The topological polar surface area (TPSA) is 96.1 Å². The molecule has 0 rings (SSSR count). The van der Waals surface area contributed by atoms with Gasteiger partial charge in [-0.3, -0.25) is 0 Å². The van der Waals surface area contributed by atoms with Gasteiger partial charge in [0.15, 0.2) is 0 Å². The summed E-state index contributed by atoms with van der Waals surface area (Å²) >= 11 is 0. The SMILES string of the molecule is CCCCCCOC(OCCCCC)(OCCC(C)C)C(OCC(C)C)(OC(C)CC)C(CCCC)(OCCCC)OC(C)C.O. The van der Waals surface area contributed by atoms with Gasteiger partial charge in [-0.25, -0.2) is 0 Å². The van der Waals surface area contributed by atoms with Crippen molar-refractivity contribution in [3.05, 3.63) is 0 Å². The zero-order valence-corrected chi connectivity index (χ0v) is 32.6. The third-order valence-corrected chi connectivity index (χ3v) is 7.90. The third kappa shape index (κ3) is 16.9. The maximum absolute atomic E-state index is 7.24. The highest BCUT2D eigenvalue weighted by Crippen LogP contribution is 2.50. The summed E-state index contributed by atoms with van der Waals surface area (Å²) in [6, 6.07) is 0. The van der Waals surface area contributed by atoms with Gasteiger partial charge in [-0.1, -0.05) is 107 Å². The molecule has 4 atom stereocenters. The zero-order valence-electron chi connectivity index (χ0n) is 32.6. The summed E-state index contributed by atoms with van der Waals surface area (Å²) in [5.74, 6) is -4.08. The zero-order chi connectivity index (χ0) is 34.2. The smallest absolute Gasteiger partial charge is 0.346 e. The molecule has 2 N–H and O–H groups in total. The van der Waals surface area contributed by atoms with Crippen molar-refractivity contribution in [1.82, 2.24) is 0 Å². The molecule has 0 fully saturated rings. The highest BCUT2D eigenvalue weighted by Gasteiger charge is 2.73. The normalized spacial score (nSPS) is 16.8. The lowest BCUT2D eigenvalue weighted by molar-refractivity contribution is -0.561. The number of hydrogen-bond acceptors (Lipinski definition) is 7. The summed E-state index contributed by atoms with van der Waals surface area (Å²) < 4.78 is 49.4. The molecule has 0 aliphatic heterocycles. The molecule has 0 aromatic heterocycles. The number of rotatable bonds is 32. The van der Waals surface area contributed by atoms with Crippen LogP contribution in [-0.4, -0.2) is 68.3 Å². The molecule has 280 valence electrons. The van der Waals surface area contributed by atoms with E-state index in [4.69, 9.17) is 33.2 Å². The van der Waals surface area contributed by atoms with Crippen LogP contribution in [0.3, 0.4) is 0 Å². The second-order valence-electron chi connectivity index (χ2n) is 13.9. The summed E-state index contributed by atoms with van der Waals surface area (Å²) in [7, 11) is 0. The quantitative estimate of drug-likeness (QED) is 0.0522. The molecular weight excluding hydrogens is 584 g/mol. The van der Waals surface area contributed by atoms with E-state index in [2.05, 4.69) is 83.1 Å². The minimum atomic E-state index is -1.71. The van der Waals surface area contributed by atoms with E-state index in [-0.39, 0.29) is 23.6 Å². The molecule has 4 unspecified atom stereocenters. The summed E-state index contributed by atoms with van der Waals surface area (Å²) in [5.41, 5.74) is 0. The Morgan fingerprint density at radius 2 is 1.02 bits per heavy atom. The fourth-order valence-corrected chi connectivity index (χ4v) is 5.09. The Kier molecular flexibility index (Phi) is 28.6. The molecule has 8 heteroatoms. The van der Waals surface area contributed by atoms with E-state index >= 15 is 0 Å². The largest absolute Gasteiger partial charge is 0.412 e. The first-order valence-corrected chi connectivity index (χ1v) is 19.0. The Hall–Kier alpha value is -0.320. The average Bonchev–Trinajstić information content (AvgIpc) is 2.99. The molecule has 0 radical (unpaired) electrons. The Labute approximate surface area is 286 Å². The average molecular weight is 665 g/mol. The van der Waals surface area contributed by atoms with Crippen LogP contribution in [-0.2, 0) is 33.2 Å². The molecule has 0 saturated carbocycles. The lowest BCUT2D eigenvalue weighted by Crippen LogP contribution is -2.76. The predicted molar refractivity (Wildman–Crippen MR) is 191 cm³/mol. The van der Waals surface area contributed by atoms with Crippen molar-refractivity contribution in [2.45, 2.75) is 203 Å². The Morgan fingerprint density at radius 3 is 1.52 bits per heavy atom. The van der Waals surface area contributed by atoms with E-state index in [0.29, 0.717) is 45.4 Å². The van der Waals surface area contributed by atoms with E-state index in [1.165, 1.54) is 0 Å². The van der Waals surface area contributed by atoms with Gasteiger partial charge in [-0.15, -0.1) is 0 Å². The lowest BCUT2D eigenvalue weighted by atomic mass is 9.94. The second-order valence-corrected chi connectivity index (χ2v) is 13.9. The van der Waals surface area contributed by atoms with Crippen LogP contribution in [0.1, 0.15) is 173 Å². The van der Waals surface area contributed by atoms with Crippen molar-refractivity contribution < 1.29 is 38.6 Å². The first kappa shape index (κ1) is 47.8. The minimum absolute atomic E-state index is 0. The van der Waals surface area contributed by atoms with E-state index in [0.717, 1.165) is 83.5 Å². The molecule has 0 aliphatic rings. The summed E-state index contributed by atoms with van der Waals surface area (Å²) in [4.78, 5) is 0.